The number of benzene rings is 2. The third kappa shape index (κ3) is 3.14. The van der Waals surface area contributed by atoms with E-state index in [9.17, 15) is 5.11 Å². The van der Waals surface area contributed by atoms with E-state index in [0.29, 0.717) is 13.3 Å². The van der Waals surface area contributed by atoms with Crippen molar-refractivity contribution in [1.82, 2.24) is 4.90 Å². The molecule has 130 valence electrons. The van der Waals surface area contributed by atoms with Crippen molar-refractivity contribution in [2.24, 2.45) is 0 Å². The monoisotopic (exact) mass is 401 g/mol. The second kappa shape index (κ2) is 6.73. The molecular weight excluding hydrogens is 382 g/mol. The van der Waals surface area contributed by atoms with Gasteiger partial charge in [0.15, 0.2) is 0 Å². The molecule has 2 aliphatic rings. The molecule has 0 unspecified atom stereocenters. The summed E-state index contributed by atoms with van der Waals surface area (Å²) in [4.78, 5) is 2.30. The van der Waals surface area contributed by atoms with Crippen molar-refractivity contribution >= 4 is 27.6 Å². The van der Waals surface area contributed by atoms with E-state index < -0.39 is 0 Å². The largest absolute Gasteiger partial charge is 0.508 e. The quantitative estimate of drug-likeness (QED) is 0.812. The average Bonchev–Trinajstić information content (AvgIpc) is 2.62. The fourth-order valence-corrected chi connectivity index (χ4v) is 4.05. The van der Waals surface area contributed by atoms with E-state index in [-0.39, 0.29) is 5.75 Å². The Morgan fingerprint density at radius 1 is 1.16 bits per heavy atom. The second-order valence-corrected chi connectivity index (χ2v) is 7.22. The van der Waals surface area contributed by atoms with Crippen molar-refractivity contribution in [3.63, 3.8) is 0 Å². The average molecular weight is 402 g/mol. The highest BCUT2D eigenvalue weighted by Gasteiger charge is 2.26. The van der Waals surface area contributed by atoms with Gasteiger partial charge in [-0.05, 0) is 57.8 Å². The van der Waals surface area contributed by atoms with Crippen molar-refractivity contribution in [3.05, 3.63) is 51.5 Å². The Labute approximate surface area is 155 Å². The van der Waals surface area contributed by atoms with Gasteiger partial charge in [-0.25, -0.2) is 0 Å². The number of rotatable bonds is 3. The Morgan fingerprint density at radius 2 is 1.96 bits per heavy atom. The van der Waals surface area contributed by atoms with Crippen LogP contribution in [0.25, 0.3) is 11.6 Å². The molecule has 0 aliphatic carbocycles. The first-order valence-corrected chi connectivity index (χ1v) is 9.28. The van der Waals surface area contributed by atoms with E-state index in [0.717, 1.165) is 52.2 Å². The molecule has 0 atom stereocenters. The van der Waals surface area contributed by atoms with E-state index in [1.807, 2.05) is 12.1 Å². The van der Waals surface area contributed by atoms with Gasteiger partial charge < -0.3 is 14.6 Å². The zero-order valence-corrected chi connectivity index (χ0v) is 15.7. The van der Waals surface area contributed by atoms with E-state index in [4.69, 9.17) is 9.47 Å². The Balaban J connectivity index is 1.71. The van der Waals surface area contributed by atoms with Gasteiger partial charge in [0.2, 0.25) is 0 Å². The molecule has 25 heavy (non-hydrogen) atoms. The Hall–Kier alpha value is -1.98. The van der Waals surface area contributed by atoms with Crippen LogP contribution in [-0.4, -0.2) is 29.9 Å². The highest BCUT2D eigenvalue weighted by molar-refractivity contribution is 9.10. The van der Waals surface area contributed by atoms with Crippen molar-refractivity contribution in [2.45, 2.75) is 19.9 Å². The van der Waals surface area contributed by atoms with Crippen LogP contribution in [-0.2, 0) is 6.54 Å². The van der Waals surface area contributed by atoms with Gasteiger partial charge in [0.25, 0.3) is 0 Å². The molecule has 2 heterocycles. The van der Waals surface area contributed by atoms with Crippen LogP contribution in [0.4, 0.5) is 0 Å². The Morgan fingerprint density at radius 3 is 2.72 bits per heavy atom. The first-order chi connectivity index (χ1) is 12.2. The van der Waals surface area contributed by atoms with Crippen molar-refractivity contribution in [2.75, 3.05) is 19.9 Å². The molecule has 2 aromatic rings. The van der Waals surface area contributed by atoms with Gasteiger partial charge in [0.05, 0.1) is 0 Å². The maximum absolute atomic E-state index is 9.47. The molecule has 5 heteroatoms. The first kappa shape index (κ1) is 16.5. The lowest BCUT2D eigenvalue weighted by atomic mass is 9.98. The summed E-state index contributed by atoms with van der Waals surface area (Å²) in [6.07, 6.45) is 3.27. The minimum absolute atomic E-state index is 0.270. The number of phenols is 1. The molecule has 2 aromatic carbocycles. The minimum Gasteiger partial charge on any atom is -0.508 e. The van der Waals surface area contributed by atoms with Gasteiger partial charge in [0.1, 0.15) is 35.1 Å². The highest BCUT2D eigenvalue weighted by Crippen LogP contribution is 2.45. The third-order valence-corrected chi connectivity index (χ3v) is 5.27. The van der Waals surface area contributed by atoms with Gasteiger partial charge >= 0.3 is 0 Å². The molecule has 0 bridgehead atoms. The predicted octanol–water partition coefficient (Wildman–Crippen LogP) is 4.65. The van der Waals surface area contributed by atoms with Crippen LogP contribution in [0.1, 0.15) is 30.0 Å². The zero-order valence-electron chi connectivity index (χ0n) is 14.1. The van der Waals surface area contributed by atoms with Gasteiger partial charge in [0, 0.05) is 24.2 Å². The molecule has 0 spiro atoms. The molecule has 0 radical (unpaired) electrons. The molecule has 0 saturated heterocycles. The van der Waals surface area contributed by atoms with Gasteiger partial charge in [-0.15, -0.1) is 0 Å². The summed E-state index contributed by atoms with van der Waals surface area (Å²) in [5, 5.41) is 9.47. The second-order valence-electron chi connectivity index (χ2n) is 6.43. The standard InChI is InChI=1S/C20H20BrNO3/c1-2-7-22-10-15-8-14-9-16(13-3-5-17(23)6-4-13)11-24-19(14)18(21)20(15)25-12-22/h3-6,8-9,23H,2,7,10-12H2,1H3. The van der Waals surface area contributed by atoms with Crippen LogP contribution in [0.15, 0.2) is 34.8 Å². The number of ether oxygens (including phenoxy) is 2. The van der Waals surface area contributed by atoms with E-state index in [1.165, 1.54) is 5.56 Å². The lowest BCUT2D eigenvalue weighted by Crippen LogP contribution is -2.32. The van der Waals surface area contributed by atoms with Crippen LogP contribution >= 0.6 is 15.9 Å². The van der Waals surface area contributed by atoms with Gasteiger partial charge in [-0.1, -0.05) is 19.1 Å². The van der Waals surface area contributed by atoms with Crippen molar-refractivity contribution < 1.29 is 14.6 Å². The Kier molecular flexibility index (Phi) is 4.44. The van der Waals surface area contributed by atoms with E-state index in [2.05, 4.69) is 39.9 Å². The van der Waals surface area contributed by atoms with Crippen molar-refractivity contribution in [3.8, 4) is 17.2 Å². The summed E-state index contributed by atoms with van der Waals surface area (Å²) in [7, 11) is 0. The highest BCUT2D eigenvalue weighted by atomic mass is 79.9. The lowest BCUT2D eigenvalue weighted by molar-refractivity contribution is 0.0942. The molecule has 2 aliphatic heterocycles. The van der Waals surface area contributed by atoms with Crippen LogP contribution in [0.2, 0.25) is 0 Å². The summed E-state index contributed by atoms with van der Waals surface area (Å²) in [5.74, 6) is 2.00. The van der Waals surface area contributed by atoms with E-state index >= 15 is 0 Å². The summed E-state index contributed by atoms with van der Waals surface area (Å²) < 4.78 is 12.9. The molecule has 4 rings (SSSR count). The fourth-order valence-electron chi connectivity index (χ4n) is 3.34. The number of hydrogen-bond acceptors (Lipinski definition) is 4. The summed E-state index contributed by atoms with van der Waals surface area (Å²) in [6, 6.07) is 9.39. The molecule has 0 amide bonds. The smallest absolute Gasteiger partial charge is 0.145 e. The molecule has 0 fully saturated rings. The maximum Gasteiger partial charge on any atom is 0.145 e. The number of nitrogens with zero attached hydrogens (tertiary/aromatic N) is 1. The van der Waals surface area contributed by atoms with E-state index in [1.54, 1.807) is 12.1 Å². The normalized spacial score (nSPS) is 16.3. The van der Waals surface area contributed by atoms with Gasteiger partial charge in [-0.3, -0.25) is 4.90 Å². The van der Waals surface area contributed by atoms with Gasteiger partial charge in [-0.2, -0.15) is 0 Å². The summed E-state index contributed by atoms with van der Waals surface area (Å²) in [6.45, 7) is 5.21. The van der Waals surface area contributed by atoms with Crippen LogP contribution in [0.3, 0.4) is 0 Å². The molecular formula is C20H20BrNO3. The van der Waals surface area contributed by atoms with Crippen LogP contribution in [0.5, 0.6) is 17.2 Å². The number of fused-ring (bicyclic) bond motifs is 2. The topological polar surface area (TPSA) is 41.9 Å². The minimum atomic E-state index is 0.270. The SMILES string of the molecule is CCCN1COc2c(cc3c(c2Br)OCC(c2ccc(O)cc2)=C3)C1. The number of hydrogen-bond donors (Lipinski definition) is 1. The number of phenolic OH excluding ortho intramolecular Hbond substituents is 1. The summed E-state index contributed by atoms with van der Waals surface area (Å²) >= 11 is 3.67. The maximum atomic E-state index is 9.47. The molecule has 0 saturated carbocycles. The number of aromatic hydroxyl groups is 1. The molecule has 4 nitrogen and oxygen atoms in total. The summed E-state index contributed by atoms with van der Waals surface area (Å²) in [5.41, 5.74) is 4.39. The zero-order chi connectivity index (χ0) is 17.4. The molecule has 0 aromatic heterocycles. The third-order valence-electron chi connectivity index (χ3n) is 4.55. The predicted molar refractivity (Wildman–Crippen MR) is 102 cm³/mol. The lowest BCUT2D eigenvalue weighted by Gasteiger charge is -2.31. The van der Waals surface area contributed by atoms with Crippen LogP contribution in [0, 0.1) is 0 Å². The first-order valence-electron chi connectivity index (χ1n) is 8.49. The van der Waals surface area contributed by atoms with Crippen molar-refractivity contribution in [1.29, 1.82) is 0 Å². The van der Waals surface area contributed by atoms with Crippen LogP contribution < -0.4 is 9.47 Å². The molecule has 1 N–H and O–H groups in total. The number of halogens is 1. The fraction of sp³-hybridized carbons (Fsp3) is 0.300. The Bertz CT molecular complexity index is 830.